The molecule has 5 heteroatoms. The van der Waals surface area contributed by atoms with Crippen molar-refractivity contribution in [3.63, 3.8) is 0 Å². The van der Waals surface area contributed by atoms with Gasteiger partial charge in [-0.1, -0.05) is 0 Å². The van der Waals surface area contributed by atoms with Crippen LogP contribution < -0.4 is 0 Å². The first-order chi connectivity index (χ1) is 6.75. The van der Waals surface area contributed by atoms with Crippen LogP contribution in [0.25, 0.3) is 0 Å². The van der Waals surface area contributed by atoms with Gasteiger partial charge in [0.25, 0.3) is 0 Å². The first-order valence-electron chi connectivity index (χ1n) is 4.79. The maximum Gasteiger partial charge on any atom is 0.356 e. The van der Waals surface area contributed by atoms with E-state index in [-0.39, 0.29) is 5.69 Å². The molecule has 3 rings (SSSR count). The van der Waals surface area contributed by atoms with E-state index >= 15 is 0 Å². The normalized spacial score (nSPS) is 21.1. The molecule has 0 radical (unpaired) electrons. The number of carboxylic acid groups (broad SMARTS) is 1. The number of nitrogens with zero attached hydrogens (tertiary/aromatic N) is 2. The van der Waals surface area contributed by atoms with Gasteiger partial charge in [-0.25, -0.2) is 4.79 Å². The fraction of sp³-hybridized carbons (Fsp3) is 0.556. The predicted molar refractivity (Wildman–Crippen MR) is 47.8 cm³/mol. The number of aromatic carboxylic acids is 1. The van der Waals surface area contributed by atoms with Crippen molar-refractivity contribution < 1.29 is 9.90 Å². The second kappa shape index (κ2) is 2.57. The molecule has 0 saturated heterocycles. The molecule has 74 valence electrons. The summed E-state index contributed by atoms with van der Waals surface area (Å²) >= 11 is 0. The van der Waals surface area contributed by atoms with Gasteiger partial charge in [-0.2, -0.15) is 5.10 Å². The molecule has 2 aliphatic rings. The molecule has 0 spiro atoms. The zero-order valence-corrected chi connectivity index (χ0v) is 7.66. The van der Waals surface area contributed by atoms with Crippen LogP contribution in [-0.2, 0) is 13.1 Å². The van der Waals surface area contributed by atoms with Crippen LogP contribution in [0.3, 0.4) is 0 Å². The molecule has 0 bridgehead atoms. The highest BCUT2D eigenvalue weighted by atomic mass is 16.4. The van der Waals surface area contributed by atoms with Gasteiger partial charge in [0.1, 0.15) is 0 Å². The number of carbonyl (C=O) groups is 1. The summed E-state index contributed by atoms with van der Waals surface area (Å²) in [7, 11) is 0. The number of H-pyrrole nitrogens is 1. The largest absolute Gasteiger partial charge is 0.476 e. The Labute approximate surface area is 80.7 Å². The summed E-state index contributed by atoms with van der Waals surface area (Å²) in [6, 6.07) is 0.678. The Morgan fingerprint density at radius 3 is 2.93 bits per heavy atom. The Bertz CT molecular complexity index is 395. The Balaban J connectivity index is 1.90. The van der Waals surface area contributed by atoms with E-state index in [2.05, 4.69) is 15.1 Å². The molecule has 1 aromatic heterocycles. The highest BCUT2D eigenvalue weighted by Crippen LogP contribution is 2.34. The molecule has 1 aliphatic heterocycles. The van der Waals surface area contributed by atoms with E-state index in [4.69, 9.17) is 5.11 Å². The SMILES string of the molecule is O=C(O)c1n[nH]c2c1CN(C1CC1)C2. The summed E-state index contributed by atoms with van der Waals surface area (Å²) in [5.74, 6) is -0.930. The van der Waals surface area contributed by atoms with Crippen molar-refractivity contribution in [2.75, 3.05) is 0 Å². The van der Waals surface area contributed by atoms with Crippen LogP contribution >= 0.6 is 0 Å². The topological polar surface area (TPSA) is 69.2 Å². The monoisotopic (exact) mass is 193 g/mol. The van der Waals surface area contributed by atoms with Gasteiger partial charge in [0.15, 0.2) is 5.69 Å². The van der Waals surface area contributed by atoms with E-state index in [9.17, 15) is 4.79 Å². The average Bonchev–Trinajstić information content (AvgIpc) is 2.76. The summed E-state index contributed by atoms with van der Waals surface area (Å²) < 4.78 is 0. The standard InChI is InChI=1S/C9H11N3O2/c13-9(14)8-6-3-12(5-1-2-5)4-7(6)10-11-8/h5H,1-4H2,(H,10,11)(H,13,14). The molecule has 1 aromatic rings. The lowest BCUT2D eigenvalue weighted by Crippen LogP contribution is -2.19. The van der Waals surface area contributed by atoms with Crippen molar-refractivity contribution in [1.82, 2.24) is 15.1 Å². The van der Waals surface area contributed by atoms with Gasteiger partial charge < -0.3 is 5.11 Å². The van der Waals surface area contributed by atoms with Gasteiger partial charge >= 0.3 is 5.97 Å². The zero-order valence-electron chi connectivity index (χ0n) is 7.66. The summed E-state index contributed by atoms with van der Waals surface area (Å²) in [6.07, 6.45) is 2.50. The lowest BCUT2D eigenvalue weighted by atomic mass is 10.2. The quantitative estimate of drug-likeness (QED) is 0.721. The minimum absolute atomic E-state index is 0.197. The van der Waals surface area contributed by atoms with Gasteiger partial charge in [-0.3, -0.25) is 10.00 Å². The molecule has 1 aliphatic carbocycles. The van der Waals surface area contributed by atoms with Gasteiger partial charge in [0.05, 0.1) is 5.69 Å². The van der Waals surface area contributed by atoms with Crippen molar-refractivity contribution in [3.8, 4) is 0 Å². The Morgan fingerprint density at radius 2 is 2.29 bits per heavy atom. The van der Waals surface area contributed by atoms with Crippen LogP contribution in [-0.4, -0.2) is 32.2 Å². The van der Waals surface area contributed by atoms with Crippen molar-refractivity contribution in [2.24, 2.45) is 0 Å². The van der Waals surface area contributed by atoms with E-state index in [1.165, 1.54) is 12.8 Å². The average molecular weight is 193 g/mol. The van der Waals surface area contributed by atoms with Gasteiger partial charge in [0.2, 0.25) is 0 Å². The minimum Gasteiger partial charge on any atom is -0.476 e. The molecular formula is C9H11N3O2. The molecule has 0 aromatic carbocycles. The maximum atomic E-state index is 10.8. The van der Waals surface area contributed by atoms with Crippen molar-refractivity contribution >= 4 is 5.97 Å². The van der Waals surface area contributed by atoms with E-state index < -0.39 is 5.97 Å². The number of hydrogen-bond donors (Lipinski definition) is 2. The third-order valence-corrected chi connectivity index (χ3v) is 2.94. The number of hydrogen-bond acceptors (Lipinski definition) is 3. The van der Waals surface area contributed by atoms with Crippen LogP contribution in [0.4, 0.5) is 0 Å². The number of aromatic amines is 1. The van der Waals surface area contributed by atoms with Crippen LogP contribution in [0.1, 0.15) is 34.6 Å². The Morgan fingerprint density at radius 1 is 1.50 bits per heavy atom. The Hall–Kier alpha value is -1.36. The summed E-state index contributed by atoms with van der Waals surface area (Å²) in [5.41, 5.74) is 2.06. The molecule has 5 nitrogen and oxygen atoms in total. The first-order valence-corrected chi connectivity index (χ1v) is 4.79. The van der Waals surface area contributed by atoms with Crippen LogP contribution in [0.5, 0.6) is 0 Å². The number of carboxylic acids is 1. The second-order valence-corrected chi connectivity index (χ2v) is 3.97. The highest BCUT2D eigenvalue weighted by Gasteiger charge is 2.36. The molecule has 2 heterocycles. The molecule has 0 amide bonds. The molecule has 0 unspecified atom stereocenters. The molecule has 1 saturated carbocycles. The molecule has 2 N–H and O–H groups in total. The van der Waals surface area contributed by atoms with E-state index in [0.717, 1.165) is 24.3 Å². The fourth-order valence-electron chi connectivity index (χ4n) is 2.04. The van der Waals surface area contributed by atoms with E-state index in [0.29, 0.717) is 6.04 Å². The smallest absolute Gasteiger partial charge is 0.356 e. The van der Waals surface area contributed by atoms with Gasteiger partial charge in [0, 0.05) is 24.7 Å². The third kappa shape index (κ3) is 1.05. The number of nitrogens with one attached hydrogen (secondary N) is 1. The number of aromatic nitrogens is 2. The molecule has 14 heavy (non-hydrogen) atoms. The third-order valence-electron chi connectivity index (χ3n) is 2.94. The van der Waals surface area contributed by atoms with Gasteiger partial charge in [-0.05, 0) is 12.8 Å². The molecular weight excluding hydrogens is 182 g/mol. The predicted octanol–water partition coefficient (Wildman–Crippen LogP) is 0.586. The van der Waals surface area contributed by atoms with Crippen molar-refractivity contribution in [2.45, 2.75) is 32.0 Å². The summed E-state index contributed by atoms with van der Waals surface area (Å²) in [4.78, 5) is 13.1. The summed E-state index contributed by atoms with van der Waals surface area (Å²) in [6.45, 7) is 1.58. The number of rotatable bonds is 2. The molecule has 0 atom stereocenters. The summed E-state index contributed by atoms with van der Waals surface area (Å²) in [5, 5.41) is 15.5. The fourth-order valence-corrected chi connectivity index (χ4v) is 2.04. The van der Waals surface area contributed by atoms with Crippen LogP contribution in [0, 0.1) is 0 Å². The first kappa shape index (κ1) is 7.99. The second-order valence-electron chi connectivity index (χ2n) is 3.97. The van der Waals surface area contributed by atoms with Crippen molar-refractivity contribution in [1.29, 1.82) is 0 Å². The zero-order chi connectivity index (χ0) is 9.71. The minimum atomic E-state index is -0.930. The van der Waals surface area contributed by atoms with E-state index in [1.54, 1.807) is 0 Å². The maximum absolute atomic E-state index is 10.8. The van der Waals surface area contributed by atoms with E-state index in [1.807, 2.05) is 0 Å². The Kier molecular flexibility index (Phi) is 1.47. The lowest BCUT2D eigenvalue weighted by Gasteiger charge is -2.12. The number of fused-ring (bicyclic) bond motifs is 1. The van der Waals surface area contributed by atoms with Crippen molar-refractivity contribution in [3.05, 3.63) is 17.0 Å². The highest BCUT2D eigenvalue weighted by molar-refractivity contribution is 5.87. The lowest BCUT2D eigenvalue weighted by molar-refractivity contribution is 0.0688. The van der Waals surface area contributed by atoms with Crippen LogP contribution in [0.2, 0.25) is 0 Å². The molecule has 1 fully saturated rings. The van der Waals surface area contributed by atoms with Gasteiger partial charge in [-0.15, -0.1) is 0 Å². The van der Waals surface area contributed by atoms with Crippen LogP contribution in [0.15, 0.2) is 0 Å².